The Bertz CT molecular complexity index is 888. The maximum Gasteiger partial charge on any atom is 0.254 e. The maximum absolute atomic E-state index is 13.3. The van der Waals surface area contributed by atoms with E-state index in [9.17, 15) is 9.18 Å². The average molecular weight is 352 g/mol. The quantitative estimate of drug-likeness (QED) is 0.725. The fraction of sp³-hybridized carbons (Fsp3) is 0.211. The number of halogens is 1. The van der Waals surface area contributed by atoms with Crippen LogP contribution < -0.4 is 4.90 Å². The molecule has 3 aromatic rings. The minimum absolute atomic E-state index is 0.150. The summed E-state index contributed by atoms with van der Waals surface area (Å²) < 4.78 is 18.6. The molecule has 132 valence electrons. The summed E-state index contributed by atoms with van der Waals surface area (Å²) in [5, 5.41) is 8.46. The Morgan fingerprint density at radius 2 is 1.85 bits per heavy atom. The van der Waals surface area contributed by atoms with Crippen molar-refractivity contribution in [2.24, 2.45) is 0 Å². The highest BCUT2D eigenvalue weighted by molar-refractivity contribution is 5.94. The molecule has 2 aromatic heterocycles. The summed E-state index contributed by atoms with van der Waals surface area (Å²) in [5.41, 5.74) is 1.06. The fourth-order valence-electron chi connectivity index (χ4n) is 2.99. The topological polar surface area (TPSA) is 62.5 Å². The van der Waals surface area contributed by atoms with Crippen molar-refractivity contribution in [2.75, 3.05) is 31.1 Å². The Morgan fingerprint density at radius 3 is 2.50 bits per heavy atom. The number of carbonyl (C=O) groups is 1. The second kappa shape index (κ2) is 6.95. The van der Waals surface area contributed by atoms with Gasteiger partial charge in [0.05, 0.1) is 6.26 Å². The lowest BCUT2D eigenvalue weighted by Crippen LogP contribution is -2.49. The molecule has 0 N–H and O–H groups in total. The van der Waals surface area contributed by atoms with Crippen LogP contribution in [-0.4, -0.2) is 47.2 Å². The van der Waals surface area contributed by atoms with Gasteiger partial charge in [0, 0.05) is 31.7 Å². The molecule has 7 heteroatoms. The van der Waals surface area contributed by atoms with Crippen molar-refractivity contribution in [3.8, 4) is 11.5 Å². The van der Waals surface area contributed by atoms with E-state index in [1.807, 2.05) is 18.2 Å². The molecule has 3 heterocycles. The molecular formula is C19H17FN4O2. The minimum atomic E-state index is -0.401. The predicted octanol–water partition coefficient (Wildman–Crippen LogP) is 2.84. The standard InChI is InChI=1S/C19H17FN4O2/c20-15-4-1-3-14(13-15)19(25)24-10-8-23(9-11-24)18-7-6-16(21-22-18)17-5-2-12-26-17/h1-7,12-13H,8-11H2. The van der Waals surface area contributed by atoms with E-state index in [-0.39, 0.29) is 5.91 Å². The number of anilines is 1. The van der Waals surface area contributed by atoms with E-state index in [2.05, 4.69) is 15.1 Å². The molecule has 1 aromatic carbocycles. The van der Waals surface area contributed by atoms with Gasteiger partial charge in [0.15, 0.2) is 11.6 Å². The summed E-state index contributed by atoms with van der Waals surface area (Å²) in [4.78, 5) is 16.3. The van der Waals surface area contributed by atoms with Crippen molar-refractivity contribution in [1.82, 2.24) is 15.1 Å². The van der Waals surface area contributed by atoms with Gasteiger partial charge < -0.3 is 14.2 Å². The van der Waals surface area contributed by atoms with Crippen LogP contribution >= 0.6 is 0 Å². The van der Waals surface area contributed by atoms with Crippen molar-refractivity contribution in [3.63, 3.8) is 0 Å². The van der Waals surface area contributed by atoms with Gasteiger partial charge >= 0.3 is 0 Å². The van der Waals surface area contributed by atoms with Crippen LogP contribution in [0, 0.1) is 5.82 Å². The number of carbonyl (C=O) groups excluding carboxylic acids is 1. The van der Waals surface area contributed by atoms with E-state index in [1.165, 1.54) is 12.1 Å². The van der Waals surface area contributed by atoms with E-state index >= 15 is 0 Å². The Labute approximate surface area is 149 Å². The van der Waals surface area contributed by atoms with Crippen LogP contribution in [0.25, 0.3) is 11.5 Å². The molecule has 0 bridgehead atoms. The molecule has 4 rings (SSSR count). The zero-order valence-electron chi connectivity index (χ0n) is 14.0. The van der Waals surface area contributed by atoms with E-state index in [1.54, 1.807) is 29.4 Å². The molecule has 1 saturated heterocycles. The number of piperazine rings is 1. The molecule has 1 aliphatic rings. The van der Waals surface area contributed by atoms with E-state index < -0.39 is 5.82 Å². The van der Waals surface area contributed by atoms with Gasteiger partial charge in [-0.05, 0) is 42.5 Å². The summed E-state index contributed by atoms with van der Waals surface area (Å²) in [6, 6.07) is 13.2. The third-order valence-electron chi connectivity index (χ3n) is 4.39. The number of aromatic nitrogens is 2. The molecule has 1 amide bonds. The third-order valence-corrected chi connectivity index (χ3v) is 4.39. The number of benzene rings is 1. The molecule has 0 atom stereocenters. The van der Waals surface area contributed by atoms with Gasteiger partial charge in [-0.25, -0.2) is 4.39 Å². The first-order chi connectivity index (χ1) is 12.7. The van der Waals surface area contributed by atoms with Crippen molar-refractivity contribution in [1.29, 1.82) is 0 Å². The molecule has 1 fully saturated rings. The van der Waals surface area contributed by atoms with Crippen LogP contribution in [0.3, 0.4) is 0 Å². The number of nitrogens with zero attached hydrogens (tertiary/aromatic N) is 4. The summed E-state index contributed by atoms with van der Waals surface area (Å²) in [6.07, 6.45) is 1.60. The average Bonchev–Trinajstić information content (AvgIpc) is 3.23. The van der Waals surface area contributed by atoms with Crippen LogP contribution in [0.15, 0.2) is 59.2 Å². The lowest BCUT2D eigenvalue weighted by molar-refractivity contribution is 0.0746. The lowest BCUT2D eigenvalue weighted by atomic mass is 10.1. The number of furan rings is 1. The molecule has 6 nitrogen and oxygen atoms in total. The van der Waals surface area contributed by atoms with Crippen LogP contribution in [0.5, 0.6) is 0 Å². The number of hydrogen-bond donors (Lipinski definition) is 0. The molecule has 0 saturated carbocycles. The zero-order valence-corrected chi connectivity index (χ0v) is 14.0. The molecule has 0 aliphatic carbocycles. The molecule has 0 radical (unpaired) electrons. The highest BCUT2D eigenvalue weighted by atomic mass is 19.1. The molecule has 1 aliphatic heterocycles. The highest BCUT2D eigenvalue weighted by Crippen LogP contribution is 2.20. The molecule has 0 spiro atoms. The lowest BCUT2D eigenvalue weighted by Gasteiger charge is -2.35. The SMILES string of the molecule is O=C(c1cccc(F)c1)N1CCN(c2ccc(-c3ccco3)nn2)CC1. The summed E-state index contributed by atoms with van der Waals surface area (Å²) in [6.45, 7) is 2.40. The second-order valence-electron chi connectivity index (χ2n) is 6.04. The molecular weight excluding hydrogens is 335 g/mol. The first-order valence-electron chi connectivity index (χ1n) is 8.38. The van der Waals surface area contributed by atoms with Gasteiger partial charge in [-0.3, -0.25) is 4.79 Å². The van der Waals surface area contributed by atoms with E-state index in [0.717, 1.165) is 5.82 Å². The Kier molecular flexibility index (Phi) is 4.35. The zero-order chi connectivity index (χ0) is 17.9. The van der Waals surface area contributed by atoms with Gasteiger partial charge in [-0.1, -0.05) is 6.07 Å². The molecule has 0 unspecified atom stereocenters. The Morgan fingerprint density at radius 1 is 1.00 bits per heavy atom. The molecule has 26 heavy (non-hydrogen) atoms. The van der Waals surface area contributed by atoms with Crippen LogP contribution in [0.1, 0.15) is 10.4 Å². The van der Waals surface area contributed by atoms with E-state index in [4.69, 9.17) is 4.42 Å². The van der Waals surface area contributed by atoms with Crippen molar-refractivity contribution in [2.45, 2.75) is 0 Å². The number of amides is 1. The monoisotopic (exact) mass is 352 g/mol. The van der Waals surface area contributed by atoms with Gasteiger partial charge in [0.25, 0.3) is 5.91 Å². The summed E-state index contributed by atoms with van der Waals surface area (Å²) in [7, 11) is 0. The van der Waals surface area contributed by atoms with Gasteiger partial charge in [-0.2, -0.15) is 0 Å². The maximum atomic E-state index is 13.3. The van der Waals surface area contributed by atoms with Crippen molar-refractivity contribution in [3.05, 3.63) is 66.2 Å². The largest absolute Gasteiger partial charge is 0.463 e. The summed E-state index contributed by atoms with van der Waals surface area (Å²) in [5.74, 6) is 0.887. The van der Waals surface area contributed by atoms with Gasteiger partial charge in [0.1, 0.15) is 11.5 Å². The van der Waals surface area contributed by atoms with E-state index in [0.29, 0.717) is 43.2 Å². The van der Waals surface area contributed by atoms with Crippen LogP contribution in [0.2, 0.25) is 0 Å². The third kappa shape index (κ3) is 3.28. The summed E-state index contributed by atoms with van der Waals surface area (Å²) >= 11 is 0. The first kappa shape index (κ1) is 16.3. The fourth-order valence-corrected chi connectivity index (χ4v) is 2.99. The van der Waals surface area contributed by atoms with Crippen molar-refractivity contribution >= 4 is 11.7 Å². The highest BCUT2D eigenvalue weighted by Gasteiger charge is 2.23. The minimum Gasteiger partial charge on any atom is -0.463 e. The predicted molar refractivity (Wildman–Crippen MR) is 94.3 cm³/mol. The normalized spacial score (nSPS) is 14.5. The van der Waals surface area contributed by atoms with Crippen LogP contribution in [-0.2, 0) is 0 Å². The number of hydrogen-bond acceptors (Lipinski definition) is 5. The van der Waals surface area contributed by atoms with Gasteiger partial charge in [0.2, 0.25) is 0 Å². The second-order valence-corrected chi connectivity index (χ2v) is 6.04. The van der Waals surface area contributed by atoms with Crippen LogP contribution in [0.4, 0.5) is 10.2 Å². The first-order valence-corrected chi connectivity index (χ1v) is 8.38. The Hall–Kier alpha value is -3.22. The number of rotatable bonds is 3. The smallest absolute Gasteiger partial charge is 0.254 e. The Balaban J connectivity index is 1.39. The van der Waals surface area contributed by atoms with Crippen molar-refractivity contribution < 1.29 is 13.6 Å². The van der Waals surface area contributed by atoms with Gasteiger partial charge in [-0.15, -0.1) is 10.2 Å².